The molecule has 0 heterocycles. The molecule has 0 atom stereocenters. The largest absolute Gasteiger partial charge is 0.494 e. The molecule has 0 saturated heterocycles. The van der Waals surface area contributed by atoms with Crippen LogP contribution in [-0.4, -0.2) is 25.0 Å². The molecule has 3 aromatic carbocycles. The van der Waals surface area contributed by atoms with Gasteiger partial charge in [-0.25, -0.2) is 0 Å². The molecule has 0 bridgehead atoms. The second kappa shape index (κ2) is 8.71. The number of hydrogen-bond donors (Lipinski definition) is 2. The van der Waals surface area contributed by atoms with Crippen molar-refractivity contribution in [3.8, 4) is 11.5 Å². The van der Waals surface area contributed by atoms with Crippen molar-refractivity contribution in [1.82, 2.24) is 10.9 Å². The summed E-state index contributed by atoms with van der Waals surface area (Å²) in [7, 11) is 0. The second-order valence-electron chi connectivity index (χ2n) is 5.73. The lowest BCUT2D eigenvalue weighted by Crippen LogP contribution is -2.43. The van der Waals surface area contributed by atoms with Gasteiger partial charge in [0.2, 0.25) is 0 Å². The molecule has 6 heteroatoms. The average molecular weight is 364 g/mol. The van der Waals surface area contributed by atoms with Gasteiger partial charge >= 0.3 is 0 Å². The zero-order valence-corrected chi connectivity index (χ0v) is 14.9. The van der Waals surface area contributed by atoms with Gasteiger partial charge in [0.1, 0.15) is 11.5 Å². The van der Waals surface area contributed by atoms with E-state index in [1.165, 1.54) is 0 Å². The second-order valence-corrected chi connectivity index (χ2v) is 5.73. The Balaban J connectivity index is 1.51. The maximum absolute atomic E-state index is 12.1. The lowest BCUT2D eigenvalue weighted by Gasteiger charge is -2.11. The Bertz CT molecular complexity index is 933. The molecular weight excluding hydrogens is 344 g/mol. The van der Waals surface area contributed by atoms with Crippen LogP contribution in [0.15, 0.2) is 66.7 Å². The van der Waals surface area contributed by atoms with Gasteiger partial charge in [-0.05, 0) is 42.6 Å². The summed E-state index contributed by atoms with van der Waals surface area (Å²) in [5.74, 6) is 0.418. The minimum absolute atomic E-state index is 0.211. The highest BCUT2D eigenvalue weighted by Gasteiger charge is 2.09. The Kier molecular flexibility index (Phi) is 5.89. The summed E-state index contributed by atoms with van der Waals surface area (Å²) in [6.45, 7) is 2.23. The number of hydrazine groups is 1. The summed E-state index contributed by atoms with van der Waals surface area (Å²) in [6, 6.07) is 20.0. The number of amides is 2. The van der Waals surface area contributed by atoms with Crippen LogP contribution < -0.4 is 20.3 Å². The standard InChI is InChI=1S/C21H20N2O4/c1-2-26-17-12-10-16(11-13-17)21(25)23-22-20(24)14-27-19-9-5-7-15-6-3-4-8-18(15)19/h3-13H,2,14H2,1H3,(H,22,24)(H,23,25). The van der Waals surface area contributed by atoms with Crippen molar-refractivity contribution < 1.29 is 19.1 Å². The molecule has 0 aliphatic carbocycles. The van der Waals surface area contributed by atoms with Crippen molar-refractivity contribution in [2.24, 2.45) is 0 Å². The Morgan fingerprint density at radius 2 is 1.59 bits per heavy atom. The first-order valence-corrected chi connectivity index (χ1v) is 8.60. The predicted octanol–water partition coefficient (Wildman–Crippen LogP) is 3.08. The van der Waals surface area contributed by atoms with Crippen molar-refractivity contribution in [3.63, 3.8) is 0 Å². The van der Waals surface area contributed by atoms with Crippen LogP contribution in [0.3, 0.4) is 0 Å². The number of fused-ring (bicyclic) bond motifs is 1. The SMILES string of the molecule is CCOc1ccc(C(=O)NNC(=O)COc2cccc3ccccc23)cc1. The Hall–Kier alpha value is -3.54. The molecule has 2 N–H and O–H groups in total. The summed E-state index contributed by atoms with van der Waals surface area (Å²) >= 11 is 0. The van der Waals surface area contributed by atoms with Crippen molar-refractivity contribution in [1.29, 1.82) is 0 Å². The predicted molar refractivity (Wildman–Crippen MR) is 103 cm³/mol. The van der Waals surface area contributed by atoms with E-state index in [9.17, 15) is 9.59 Å². The Morgan fingerprint density at radius 3 is 2.37 bits per heavy atom. The minimum atomic E-state index is -0.456. The molecule has 3 aromatic rings. The third-order valence-corrected chi connectivity index (χ3v) is 3.85. The van der Waals surface area contributed by atoms with Gasteiger partial charge in [-0.1, -0.05) is 36.4 Å². The van der Waals surface area contributed by atoms with E-state index < -0.39 is 11.8 Å². The first kappa shape index (κ1) is 18.3. The van der Waals surface area contributed by atoms with Gasteiger partial charge in [-0.3, -0.25) is 20.4 Å². The van der Waals surface area contributed by atoms with Crippen molar-refractivity contribution in [3.05, 3.63) is 72.3 Å². The van der Waals surface area contributed by atoms with E-state index in [0.717, 1.165) is 10.8 Å². The van der Waals surface area contributed by atoms with Crippen LogP contribution in [0.4, 0.5) is 0 Å². The van der Waals surface area contributed by atoms with Gasteiger partial charge in [0, 0.05) is 10.9 Å². The van der Waals surface area contributed by atoms with Crippen LogP contribution in [0.2, 0.25) is 0 Å². The van der Waals surface area contributed by atoms with Crippen molar-refractivity contribution >= 4 is 22.6 Å². The molecule has 0 fully saturated rings. The molecular formula is C21H20N2O4. The van der Waals surface area contributed by atoms with E-state index in [4.69, 9.17) is 9.47 Å². The molecule has 2 amide bonds. The van der Waals surface area contributed by atoms with E-state index in [1.807, 2.05) is 43.3 Å². The lowest BCUT2D eigenvalue weighted by atomic mass is 10.1. The molecule has 138 valence electrons. The zero-order chi connectivity index (χ0) is 19.1. The number of hydrogen-bond acceptors (Lipinski definition) is 4. The minimum Gasteiger partial charge on any atom is -0.494 e. The molecule has 0 unspecified atom stereocenters. The van der Waals surface area contributed by atoms with Crippen molar-refractivity contribution in [2.75, 3.05) is 13.2 Å². The number of benzene rings is 3. The molecule has 27 heavy (non-hydrogen) atoms. The number of ether oxygens (including phenoxy) is 2. The summed E-state index contributed by atoms with van der Waals surface area (Å²) in [6.07, 6.45) is 0. The van der Waals surface area contributed by atoms with E-state index in [0.29, 0.717) is 23.7 Å². The van der Waals surface area contributed by atoms with Gasteiger partial charge in [-0.15, -0.1) is 0 Å². The summed E-state index contributed by atoms with van der Waals surface area (Å²) in [5.41, 5.74) is 5.12. The topological polar surface area (TPSA) is 76.7 Å². The normalized spacial score (nSPS) is 10.3. The maximum atomic E-state index is 12.1. The van der Waals surface area contributed by atoms with Gasteiger partial charge < -0.3 is 9.47 Å². The van der Waals surface area contributed by atoms with Gasteiger partial charge in [0.15, 0.2) is 6.61 Å². The zero-order valence-electron chi connectivity index (χ0n) is 14.9. The number of carbonyl (C=O) groups excluding carboxylic acids is 2. The molecule has 0 radical (unpaired) electrons. The van der Waals surface area contributed by atoms with Crippen LogP contribution in [0.1, 0.15) is 17.3 Å². The fourth-order valence-electron chi connectivity index (χ4n) is 2.57. The Morgan fingerprint density at radius 1 is 0.852 bits per heavy atom. The highest BCUT2D eigenvalue weighted by Crippen LogP contribution is 2.24. The summed E-state index contributed by atoms with van der Waals surface area (Å²) in [4.78, 5) is 24.0. The number of carbonyl (C=O) groups is 2. The monoisotopic (exact) mass is 364 g/mol. The van der Waals surface area contributed by atoms with E-state index in [-0.39, 0.29) is 6.61 Å². The average Bonchev–Trinajstić information content (AvgIpc) is 2.71. The molecule has 0 aliphatic heterocycles. The molecule has 6 nitrogen and oxygen atoms in total. The van der Waals surface area contributed by atoms with E-state index >= 15 is 0 Å². The van der Waals surface area contributed by atoms with Crippen molar-refractivity contribution in [2.45, 2.75) is 6.92 Å². The fraction of sp³-hybridized carbons (Fsp3) is 0.143. The Labute approximate surface area is 157 Å². The van der Waals surface area contributed by atoms with E-state index in [2.05, 4.69) is 10.9 Å². The quantitative estimate of drug-likeness (QED) is 0.659. The van der Waals surface area contributed by atoms with Crippen LogP contribution >= 0.6 is 0 Å². The van der Waals surface area contributed by atoms with Crippen LogP contribution in [-0.2, 0) is 4.79 Å². The van der Waals surface area contributed by atoms with Crippen LogP contribution in [0.5, 0.6) is 11.5 Å². The van der Waals surface area contributed by atoms with Gasteiger partial charge in [-0.2, -0.15) is 0 Å². The molecule has 0 spiro atoms. The lowest BCUT2D eigenvalue weighted by molar-refractivity contribution is -0.123. The van der Waals surface area contributed by atoms with Crippen LogP contribution in [0.25, 0.3) is 10.8 Å². The summed E-state index contributed by atoms with van der Waals surface area (Å²) in [5, 5.41) is 1.95. The highest BCUT2D eigenvalue weighted by molar-refractivity contribution is 5.95. The third kappa shape index (κ3) is 4.76. The van der Waals surface area contributed by atoms with Gasteiger partial charge in [0.25, 0.3) is 11.8 Å². The first-order valence-electron chi connectivity index (χ1n) is 8.60. The molecule has 3 rings (SSSR count). The summed E-state index contributed by atoms with van der Waals surface area (Å²) < 4.78 is 10.9. The molecule has 0 saturated carbocycles. The highest BCUT2D eigenvalue weighted by atomic mass is 16.5. The molecule has 0 aromatic heterocycles. The van der Waals surface area contributed by atoms with Gasteiger partial charge in [0.05, 0.1) is 6.61 Å². The van der Waals surface area contributed by atoms with Crippen LogP contribution in [0, 0.1) is 0 Å². The third-order valence-electron chi connectivity index (χ3n) is 3.85. The van der Waals surface area contributed by atoms with E-state index in [1.54, 1.807) is 30.3 Å². The first-order chi connectivity index (χ1) is 13.2. The maximum Gasteiger partial charge on any atom is 0.276 e. The smallest absolute Gasteiger partial charge is 0.276 e. The number of rotatable bonds is 6. The molecule has 0 aliphatic rings. The fourth-order valence-corrected chi connectivity index (χ4v) is 2.57. The number of nitrogens with one attached hydrogen (secondary N) is 2.